The number of furan rings is 1. The van der Waals surface area contributed by atoms with Crippen molar-refractivity contribution in [2.45, 2.75) is 13.5 Å². The number of anilines is 2. The van der Waals surface area contributed by atoms with Gasteiger partial charge in [0.1, 0.15) is 5.76 Å². The molecule has 0 radical (unpaired) electrons. The van der Waals surface area contributed by atoms with Crippen molar-refractivity contribution in [3.05, 3.63) is 71.9 Å². The van der Waals surface area contributed by atoms with E-state index in [0.29, 0.717) is 29.3 Å². The zero-order valence-corrected chi connectivity index (χ0v) is 13.5. The Hall–Kier alpha value is -3.48. The van der Waals surface area contributed by atoms with E-state index < -0.39 is 0 Å². The van der Waals surface area contributed by atoms with Crippen molar-refractivity contribution in [3.63, 3.8) is 0 Å². The zero-order chi connectivity index (χ0) is 17.6. The van der Waals surface area contributed by atoms with Crippen molar-refractivity contribution in [3.8, 4) is 0 Å². The first-order chi connectivity index (χ1) is 12.1. The number of carbonyl (C=O) groups excluding carboxylic acids is 2. The molecule has 0 aliphatic rings. The van der Waals surface area contributed by atoms with Crippen LogP contribution < -0.4 is 10.6 Å². The highest BCUT2D eigenvalue weighted by Crippen LogP contribution is 2.12. The second-order valence-corrected chi connectivity index (χ2v) is 5.32. The molecule has 0 spiro atoms. The molecule has 1 amide bonds. The minimum absolute atomic E-state index is 0.0242. The molecule has 0 aliphatic heterocycles. The quantitative estimate of drug-likeness (QED) is 0.671. The summed E-state index contributed by atoms with van der Waals surface area (Å²) >= 11 is 0. The Morgan fingerprint density at radius 3 is 2.36 bits per heavy atom. The summed E-state index contributed by atoms with van der Waals surface area (Å²) in [7, 11) is 0. The predicted octanol–water partition coefficient (Wildman–Crippen LogP) is 3.14. The second-order valence-electron chi connectivity index (χ2n) is 5.32. The van der Waals surface area contributed by atoms with E-state index >= 15 is 0 Å². The third kappa shape index (κ3) is 4.29. The number of ketones is 1. The Morgan fingerprint density at radius 2 is 1.76 bits per heavy atom. The average Bonchev–Trinajstić information content (AvgIpc) is 3.14. The van der Waals surface area contributed by atoms with E-state index in [0.717, 1.165) is 5.76 Å². The lowest BCUT2D eigenvalue weighted by molar-refractivity contribution is 0.101. The van der Waals surface area contributed by atoms with Gasteiger partial charge in [-0.05, 0) is 43.3 Å². The molecule has 0 unspecified atom stereocenters. The van der Waals surface area contributed by atoms with Gasteiger partial charge in [0.25, 0.3) is 5.91 Å². The van der Waals surface area contributed by atoms with Crippen molar-refractivity contribution < 1.29 is 14.0 Å². The molecule has 3 aromatic rings. The Bertz CT molecular complexity index is 856. The number of rotatable bonds is 6. The highest BCUT2D eigenvalue weighted by atomic mass is 16.3. The Morgan fingerprint density at radius 1 is 1.04 bits per heavy atom. The summed E-state index contributed by atoms with van der Waals surface area (Å²) in [5.41, 5.74) is 1.52. The van der Waals surface area contributed by atoms with Crippen LogP contribution in [0.1, 0.15) is 33.4 Å². The first kappa shape index (κ1) is 16.4. The van der Waals surface area contributed by atoms with Gasteiger partial charge in [0.05, 0.1) is 18.4 Å². The molecule has 25 heavy (non-hydrogen) atoms. The van der Waals surface area contributed by atoms with Gasteiger partial charge in [-0.1, -0.05) is 0 Å². The van der Waals surface area contributed by atoms with E-state index in [-0.39, 0.29) is 11.7 Å². The third-order valence-electron chi connectivity index (χ3n) is 3.46. The lowest BCUT2D eigenvalue weighted by Crippen LogP contribution is -2.13. The van der Waals surface area contributed by atoms with E-state index in [2.05, 4.69) is 20.6 Å². The van der Waals surface area contributed by atoms with Gasteiger partial charge in [0, 0.05) is 23.6 Å². The number of aromatic nitrogens is 2. The Balaban J connectivity index is 1.59. The van der Waals surface area contributed by atoms with Crippen LogP contribution in [0.15, 0.2) is 59.5 Å². The molecule has 2 heterocycles. The van der Waals surface area contributed by atoms with Crippen molar-refractivity contribution in [2.24, 2.45) is 0 Å². The van der Waals surface area contributed by atoms with Crippen LogP contribution in [-0.4, -0.2) is 21.7 Å². The molecule has 3 rings (SSSR count). The maximum absolute atomic E-state index is 12.2. The van der Waals surface area contributed by atoms with Gasteiger partial charge in [-0.25, -0.2) is 9.97 Å². The van der Waals surface area contributed by atoms with Gasteiger partial charge in [-0.3, -0.25) is 9.59 Å². The topological polar surface area (TPSA) is 97.1 Å². The van der Waals surface area contributed by atoms with Crippen LogP contribution in [0.2, 0.25) is 0 Å². The van der Waals surface area contributed by atoms with Crippen molar-refractivity contribution in [1.82, 2.24) is 9.97 Å². The molecule has 1 aromatic carbocycles. The summed E-state index contributed by atoms with van der Waals surface area (Å²) in [6.07, 6.45) is 4.47. The predicted molar refractivity (Wildman–Crippen MR) is 92.5 cm³/mol. The van der Waals surface area contributed by atoms with Crippen molar-refractivity contribution in [1.29, 1.82) is 0 Å². The molecule has 0 bridgehead atoms. The van der Waals surface area contributed by atoms with Gasteiger partial charge < -0.3 is 15.1 Å². The van der Waals surface area contributed by atoms with E-state index in [4.69, 9.17) is 4.42 Å². The highest BCUT2D eigenvalue weighted by molar-refractivity contribution is 6.04. The Kier molecular flexibility index (Phi) is 4.84. The van der Waals surface area contributed by atoms with Gasteiger partial charge in [0.15, 0.2) is 5.78 Å². The number of hydrogen-bond donors (Lipinski definition) is 2. The number of nitrogens with one attached hydrogen (secondary N) is 2. The van der Waals surface area contributed by atoms with Gasteiger partial charge in [-0.2, -0.15) is 0 Å². The third-order valence-corrected chi connectivity index (χ3v) is 3.46. The molecule has 0 fully saturated rings. The summed E-state index contributed by atoms with van der Waals surface area (Å²) in [6.45, 7) is 1.95. The van der Waals surface area contributed by atoms with Crippen LogP contribution in [0.5, 0.6) is 0 Å². The molecule has 0 aliphatic carbocycles. The maximum atomic E-state index is 12.2. The lowest BCUT2D eigenvalue weighted by Gasteiger charge is -2.06. The van der Waals surface area contributed by atoms with E-state index in [1.807, 2.05) is 6.07 Å². The summed E-state index contributed by atoms with van der Waals surface area (Å²) in [4.78, 5) is 31.7. The first-order valence-electron chi connectivity index (χ1n) is 7.62. The summed E-state index contributed by atoms with van der Waals surface area (Å²) in [5.74, 6) is 0.815. The average molecular weight is 336 g/mol. The number of Topliss-reactive ketones (excluding diaryl/α,β-unsaturated/α-hetero) is 1. The van der Waals surface area contributed by atoms with Crippen LogP contribution in [0.4, 0.5) is 11.6 Å². The number of amides is 1. The lowest BCUT2D eigenvalue weighted by atomic mass is 10.1. The van der Waals surface area contributed by atoms with Gasteiger partial charge in [-0.15, -0.1) is 0 Å². The Labute approximate surface area is 144 Å². The van der Waals surface area contributed by atoms with Crippen molar-refractivity contribution >= 4 is 23.3 Å². The van der Waals surface area contributed by atoms with Crippen LogP contribution >= 0.6 is 0 Å². The molecule has 0 atom stereocenters. The monoisotopic (exact) mass is 336 g/mol. The van der Waals surface area contributed by atoms with Gasteiger partial charge in [0.2, 0.25) is 5.95 Å². The van der Waals surface area contributed by atoms with E-state index in [1.165, 1.54) is 19.3 Å². The minimum atomic E-state index is -0.326. The van der Waals surface area contributed by atoms with Crippen molar-refractivity contribution in [2.75, 3.05) is 10.6 Å². The summed E-state index contributed by atoms with van der Waals surface area (Å²) < 4.78 is 5.20. The van der Waals surface area contributed by atoms with Crippen LogP contribution in [0.25, 0.3) is 0 Å². The normalized spacial score (nSPS) is 10.3. The molecule has 0 saturated heterocycles. The number of carbonyl (C=O) groups is 2. The first-order valence-corrected chi connectivity index (χ1v) is 7.62. The van der Waals surface area contributed by atoms with Gasteiger partial charge >= 0.3 is 0 Å². The van der Waals surface area contributed by atoms with E-state index in [9.17, 15) is 9.59 Å². The molecular formula is C18H16N4O3. The largest absolute Gasteiger partial charge is 0.467 e. The zero-order valence-electron chi connectivity index (χ0n) is 13.5. The minimum Gasteiger partial charge on any atom is -0.467 e. The molecule has 2 aromatic heterocycles. The standard InChI is InChI=1S/C18H16N4O3/c1-12(23)13-4-6-15(7-5-13)22-17(24)14-9-19-18(20-10-14)21-11-16-3-2-8-25-16/h2-10H,11H2,1H3,(H,22,24)(H,19,20,21). The fourth-order valence-electron chi connectivity index (χ4n) is 2.11. The number of nitrogens with zero attached hydrogens (tertiary/aromatic N) is 2. The fourth-order valence-corrected chi connectivity index (χ4v) is 2.11. The SMILES string of the molecule is CC(=O)c1ccc(NC(=O)c2cnc(NCc3ccco3)nc2)cc1. The highest BCUT2D eigenvalue weighted by Gasteiger charge is 2.08. The van der Waals surface area contributed by atoms with Crippen LogP contribution in [0.3, 0.4) is 0 Å². The second kappa shape index (κ2) is 7.39. The van der Waals surface area contributed by atoms with E-state index in [1.54, 1.807) is 36.6 Å². The molecular weight excluding hydrogens is 320 g/mol. The van der Waals surface area contributed by atoms with Crippen LogP contribution in [-0.2, 0) is 6.54 Å². The molecule has 126 valence electrons. The molecule has 0 saturated carbocycles. The smallest absolute Gasteiger partial charge is 0.258 e. The molecule has 7 nitrogen and oxygen atoms in total. The van der Waals surface area contributed by atoms with Crippen LogP contribution in [0, 0.1) is 0 Å². The molecule has 2 N–H and O–H groups in total. The summed E-state index contributed by atoms with van der Waals surface area (Å²) in [6, 6.07) is 10.3. The summed E-state index contributed by atoms with van der Waals surface area (Å²) in [5, 5.41) is 5.73. The fraction of sp³-hybridized carbons (Fsp3) is 0.111. The molecule has 7 heteroatoms. The number of benzene rings is 1. The number of hydrogen-bond acceptors (Lipinski definition) is 6. The maximum Gasteiger partial charge on any atom is 0.258 e.